The second-order valence-electron chi connectivity index (χ2n) is 7.76. The maximum absolute atomic E-state index is 12.9. The molecular weight excluding hydrogens is 344 g/mol. The van der Waals surface area contributed by atoms with Gasteiger partial charge in [-0.3, -0.25) is 19.7 Å². The van der Waals surface area contributed by atoms with Crippen LogP contribution < -0.4 is 16.0 Å². The number of rotatable bonds is 4. The van der Waals surface area contributed by atoms with Crippen LogP contribution in [0.2, 0.25) is 0 Å². The molecule has 2 saturated heterocycles. The first-order valence-corrected chi connectivity index (χ1v) is 9.76. The highest BCUT2D eigenvalue weighted by atomic mass is 16.2. The summed E-state index contributed by atoms with van der Waals surface area (Å²) in [5, 5.41) is 9.41. The Bertz CT molecular complexity index is 778. The Morgan fingerprint density at radius 3 is 2.85 bits per heavy atom. The number of fused-ring (bicyclic) bond motifs is 1. The quantitative estimate of drug-likeness (QED) is 0.678. The molecule has 3 aliphatic rings. The Hall–Kier alpha value is -2.25. The molecule has 3 heterocycles. The minimum atomic E-state index is -0.557. The summed E-state index contributed by atoms with van der Waals surface area (Å²) in [5.74, 6) is -0.748. The van der Waals surface area contributed by atoms with Gasteiger partial charge in [0, 0.05) is 37.2 Å². The normalized spacial score (nSPS) is 28.3. The van der Waals surface area contributed by atoms with Crippen LogP contribution in [0.3, 0.4) is 0 Å². The van der Waals surface area contributed by atoms with Crippen molar-refractivity contribution in [3.8, 4) is 0 Å². The molecule has 0 bridgehead atoms. The lowest BCUT2D eigenvalue weighted by atomic mass is 9.99. The third-order valence-corrected chi connectivity index (χ3v) is 5.92. The van der Waals surface area contributed by atoms with Crippen LogP contribution in [0.1, 0.15) is 54.1 Å². The fourth-order valence-corrected chi connectivity index (χ4v) is 4.28. The maximum Gasteiger partial charge on any atom is 0.255 e. The molecule has 0 aromatic heterocycles. The summed E-state index contributed by atoms with van der Waals surface area (Å²) < 4.78 is 0. The van der Waals surface area contributed by atoms with Gasteiger partial charge in [-0.2, -0.15) is 0 Å². The lowest BCUT2D eigenvalue weighted by Gasteiger charge is -2.30. The average Bonchev–Trinajstić information content (AvgIpc) is 2.97. The lowest BCUT2D eigenvalue weighted by molar-refractivity contribution is -0.136. The van der Waals surface area contributed by atoms with Crippen molar-refractivity contribution in [2.24, 2.45) is 0 Å². The Morgan fingerprint density at radius 2 is 2.07 bits per heavy atom. The first-order valence-electron chi connectivity index (χ1n) is 9.76. The summed E-state index contributed by atoms with van der Waals surface area (Å²) in [6.45, 7) is 4.41. The van der Waals surface area contributed by atoms with Crippen LogP contribution in [0, 0.1) is 0 Å². The SMILES string of the molecule is C[C@@H]1NCCC[C@@H]1NCc1ccc2c(c1)C(=O)N(C1CCC(=O)NC1=O)C2. The second kappa shape index (κ2) is 7.40. The number of amides is 3. The van der Waals surface area contributed by atoms with Gasteiger partial charge in [0.05, 0.1) is 0 Å². The maximum atomic E-state index is 12.9. The van der Waals surface area contributed by atoms with Gasteiger partial charge in [0.15, 0.2) is 0 Å². The molecular formula is C20H26N4O3. The van der Waals surface area contributed by atoms with Gasteiger partial charge >= 0.3 is 0 Å². The van der Waals surface area contributed by atoms with E-state index in [0.717, 1.165) is 30.6 Å². The van der Waals surface area contributed by atoms with Crippen molar-refractivity contribution in [2.45, 2.75) is 63.8 Å². The summed E-state index contributed by atoms with van der Waals surface area (Å²) in [6.07, 6.45) is 3.00. The number of piperidine rings is 2. The van der Waals surface area contributed by atoms with Crippen LogP contribution in [0.4, 0.5) is 0 Å². The molecule has 7 nitrogen and oxygen atoms in total. The molecule has 0 saturated carbocycles. The molecule has 2 fully saturated rings. The monoisotopic (exact) mass is 370 g/mol. The number of benzene rings is 1. The van der Waals surface area contributed by atoms with Crippen molar-refractivity contribution in [1.29, 1.82) is 0 Å². The number of hydrogen-bond acceptors (Lipinski definition) is 5. The smallest absolute Gasteiger partial charge is 0.255 e. The molecule has 0 radical (unpaired) electrons. The first-order chi connectivity index (χ1) is 13.0. The molecule has 1 unspecified atom stereocenters. The number of nitrogens with one attached hydrogen (secondary N) is 3. The van der Waals surface area contributed by atoms with Crippen molar-refractivity contribution >= 4 is 17.7 Å². The van der Waals surface area contributed by atoms with Gasteiger partial charge in [-0.25, -0.2) is 0 Å². The van der Waals surface area contributed by atoms with E-state index in [1.165, 1.54) is 6.42 Å². The lowest BCUT2D eigenvalue weighted by Crippen LogP contribution is -2.52. The third kappa shape index (κ3) is 3.61. The van der Waals surface area contributed by atoms with E-state index in [-0.39, 0.29) is 24.1 Å². The van der Waals surface area contributed by atoms with Gasteiger partial charge in [-0.05, 0) is 49.9 Å². The number of carbonyl (C=O) groups is 3. The predicted octanol–water partition coefficient (Wildman–Crippen LogP) is 0.678. The molecule has 3 atom stereocenters. The van der Waals surface area contributed by atoms with Gasteiger partial charge in [0.2, 0.25) is 11.8 Å². The van der Waals surface area contributed by atoms with Crippen LogP contribution in [-0.4, -0.2) is 47.3 Å². The van der Waals surface area contributed by atoms with Crippen LogP contribution in [0.25, 0.3) is 0 Å². The van der Waals surface area contributed by atoms with Crippen LogP contribution in [0.5, 0.6) is 0 Å². The number of nitrogens with zero attached hydrogens (tertiary/aromatic N) is 1. The highest BCUT2D eigenvalue weighted by Crippen LogP contribution is 2.28. The zero-order valence-electron chi connectivity index (χ0n) is 15.6. The fourth-order valence-electron chi connectivity index (χ4n) is 4.28. The average molecular weight is 370 g/mol. The van der Waals surface area contributed by atoms with Crippen molar-refractivity contribution < 1.29 is 14.4 Å². The molecule has 3 aliphatic heterocycles. The Morgan fingerprint density at radius 1 is 1.22 bits per heavy atom. The molecule has 27 heavy (non-hydrogen) atoms. The van der Waals surface area contributed by atoms with Crippen molar-refractivity contribution in [3.63, 3.8) is 0 Å². The molecule has 144 valence electrons. The predicted molar refractivity (Wildman–Crippen MR) is 99.8 cm³/mol. The Kier molecular flexibility index (Phi) is 4.97. The van der Waals surface area contributed by atoms with E-state index in [2.05, 4.69) is 22.9 Å². The number of carbonyl (C=O) groups excluding carboxylic acids is 3. The third-order valence-electron chi connectivity index (χ3n) is 5.92. The van der Waals surface area contributed by atoms with Gasteiger partial charge in [0.25, 0.3) is 5.91 Å². The summed E-state index contributed by atoms with van der Waals surface area (Å²) in [5.41, 5.74) is 2.69. The van der Waals surface area contributed by atoms with Gasteiger partial charge in [-0.1, -0.05) is 12.1 Å². The molecule has 7 heteroatoms. The molecule has 1 aromatic rings. The van der Waals surface area contributed by atoms with Crippen molar-refractivity contribution in [1.82, 2.24) is 20.9 Å². The zero-order chi connectivity index (χ0) is 19.0. The summed E-state index contributed by atoms with van der Waals surface area (Å²) in [4.78, 5) is 37.9. The van der Waals surface area contributed by atoms with Gasteiger partial charge in [-0.15, -0.1) is 0 Å². The van der Waals surface area contributed by atoms with Gasteiger partial charge in [0.1, 0.15) is 6.04 Å². The highest BCUT2D eigenvalue weighted by molar-refractivity contribution is 6.05. The summed E-state index contributed by atoms with van der Waals surface area (Å²) >= 11 is 0. The number of imide groups is 1. The van der Waals surface area contributed by atoms with Crippen molar-refractivity contribution in [3.05, 3.63) is 34.9 Å². The molecule has 4 rings (SSSR count). The van der Waals surface area contributed by atoms with E-state index in [1.54, 1.807) is 4.90 Å². The van der Waals surface area contributed by atoms with Crippen LogP contribution in [0.15, 0.2) is 18.2 Å². The van der Waals surface area contributed by atoms with E-state index >= 15 is 0 Å². The minimum Gasteiger partial charge on any atom is -0.322 e. The molecule has 0 spiro atoms. The van der Waals surface area contributed by atoms with E-state index in [0.29, 0.717) is 30.6 Å². The van der Waals surface area contributed by atoms with E-state index in [1.807, 2.05) is 18.2 Å². The van der Waals surface area contributed by atoms with Crippen molar-refractivity contribution in [2.75, 3.05) is 6.54 Å². The second-order valence-corrected chi connectivity index (χ2v) is 7.76. The molecule has 3 N–H and O–H groups in total. The standard InChI is InChI=1S/C20H26N4O3/c1-12-16(3-2-8-21-12)22-10-13-4-5-14-11-24(20(27)15(14)9-13)17-6-7-18(25)23-19(17)26/h4-5,9,12,16-17,21-22H,2-3,6-8,10-11H2,1H3,(H,23,25,26)/t12-,16-,17?/m0/s1. The van der Waals surface area contributed by atoms with Crippen LogP contribution >= 0.6 is 0 Å². The summed E-state index contributed by atoms with van der Waals surface area (Å²) in [6, 6.07) is 6.29. The first kappa shape index (κ1) is 18.1. The molecule has 1 aromatic carbocycles. The Labute approximate surface area is 158 Å². The fraction of sp³-hybridized carbons (Fsp3) is 0.550. The largest absolute Gasteiger partial charge is 0.322 e. The molecule has 0 aliphatic carbocycles. The zero-order valence-corrected chi connectivity index (χ0v) is 15.6. The van der Waals surface area contributed by atoms with E-state index in [4.69, 9.17) is 0 Å². The Balaban J connectivity index is 1.43. The summed E-state index contributed by atoms with van der Waals surface area (Å²) in [7, 11) is 0. The minimum absolute atomic E-state index is 0.117. The highest BCUT2D eigenvalue weighted by Gasteiger charge is 2.39. The van der Waals surface area contributed by atoms with E-state index < -0.39 is 6.04 Å². The number of hydrogen-bond donors (Lipinski definition) is 3. The van der Waals surface area contributed by atoms with Crippen LogP contribution in [-0.2, 0) is 22.7 Å². The van der Waals surface area contributed by atoms with E-state index in [9.17, 15) is 14.4 Å². The molecule has 3 amide bonds. The van der Waals surface area contributed by atoms with Gasteiger partial charge < -0.3 is 15.5 Å². The topological polar surface area (TPSA) is 90.5 Å².